The Labute approximate surface area is 164 Å². The van der Waals surface area contributed by atoms with Crippen LogP contribution < -0.4 is 0 Å². The van der Waals surface area contributed by atoms with Gasteiger partial charge in [-0.25, -0.2) is 0 Å². The molecule has 0 spiro atoms. The molecule has 0 bridgehead atoms. The summed E-state index contributed by atoms with van der Waals surface area (Å²) in [4.78, 5) is 36.4. The van der Waals surface area contributed by atoms with E-state index in [1.54, 1.807) is 13.0 Å². The van der Waals surface area contributed by atoms with Crippen LogP contribution in [0.1, 0.15) is 59.3 Å². The molecular weight excluding hydrogens is 371 g/mol. The van der Waals surface area contributed by atoms with E-state index in [2.05, 4.69) is 6.92 Å². The number of hydrogen-bond donors (Lipinski definition) is 0. The Bertz CT molecular complexity index is 744. The number of fused-ring (bicyclic) bond motifs is 5. The lowest BCUT2D eigenvalue weighted by Gasteiger charge is -2.63. The van der Waals surface area contributed by atoms with Gasteiger partial charge in [-0.15, -0.1) is 23.2 Å². The Morgan fingerprint density at radius 2 is 1.85 bits per heavy atom. The van der Waals surface area contributed by atoms with Crippen molar-refractivity contribution in [3.8, 4) is 0 Å². The molecule has 0 radical (unpaired) electrons. The molecule has 0 aliphatic heterocycles. The Morgan fingerprint density at radius 3 is 2.50 bits per heavy atom. The van der Waals surface area contributed by atoms with Crippen LogP contribution in [0.2, 0.25) is 0 Å². The van der Waals surface area contributed by atoms with E-state index in [4.69, 9.17) is 23.2 Å². The third-order valence-corrected chi connectivity index (χ3v) is 9.89. The molecule has 142 valence electrons. The maximum Gasteiger partial charge on any atom is 0.163 e. The summed E-state index contributed by atoms with van der Waals surface area (Å²) >= 11 is 14.3. The van der Waals surface area contributed by atoms with Crippen molar-refractivity contribution in [2.45, 2.75) is 69.5 Å². The van der Waals surface area contributed by atoms with Gasteiger partial charge in [0.2, 0.25) is 0 Å². The first-order valence-corrected chi connectivity index (χ1v) is 10.5. The van der Waals surface area contributed by atoms with Gasteiger partial charge < -0.3 is 0 Å². The number of ketones is 3. The molecule has 1 unspecified atom stereocenters. The molecular formula is C21H26Cl2O3. The standard InChI is InChI=1S/C21H26Cl2O3/c1-11(24)14-6-7-15-16-5-4-12-8-13(25)9-18(26)20(12,3)21(16,23)17(22)10-19(14,15)2/h8,14-17H,4-7,9-10H2,1-3H3/t14-,15+,16+,17?,19-,20-,21+/m1/s1. The molecule has 7 atom stereocenters. The second-order valence-corrected chi connectivity index (χ2v) is 10.5. The number of hydrogen-bond acceptors (Lipinski definition) is 3. The Balaban J connectivity index is 1.83. The fraction of sp³-hybridized carbons (Fsp3) is 0.762. The molecule has 4 aliphatic carbocycles. The van der Waals surface area contributed by atoms with Crippen LogP contribution in [0.25, 0.3) is 0 Å². The summed E-state index contributed by atoms with van der Waals surface area (Å²) < 4.78 is 0. The molecule has 26 heavy (non-hydrogen) atoms. The first kappa shape index (κ1) is 18.7. The minimum absolute atomic E-state index is 0.0309. The smallest absolute Gasteiger partial charge is 0.163 e. The Morgan fingerprint density at radius 1 is 1.15 bits per heavy atom. The molecule has 3 nitrogen and oxygen atoms in total. The number of Topliss-reactive ketones (excluding diaryl/α,β-unsaturated/α-hetero) is 2. The normalized spacial score (nSPS) is 50.6. The second kappa shape index (κ2) is 5.67. The van der Waals surface area contributed by atoms with Gasteiger partial charge in [0.1, 0.15) is 5.78 Å². The van der Waals surface area contributed by atoms with Gasteiger partial charge in [0.25, 0.3) is 0 Å². The number of carbonyl (C=O) groups excluding carboxylic acids is 3. The number of carbonyl (C=O) groups is 3. The van der Waals surface area contributed by atoms with E-state index in [1.807, 2.05) is 6.92 Å². The van der Waals surface area contributed by atoms with Gasteiger partial charge in [-0.05, 0) is 69.3 Å². The molecule has 3 saturated carbocycles. The van der Waals surface area contributed by atoms with Crippen LogP contribution in [0, 0.1) is 28.6 Å². The Kier molecular flexibility index (Phi) is 4.07. The van der Waals surface area contributed by atoms with Crippen molar-refractivity contribution >= 4 is 40.6 Å². The van der Waals surface area contributed by atoms with Gasteiger partial charge in [-0.1, -0.05) is 12.5 Å². The molecule has 0 aromatic rings. The molecule has 4 rings (SSSR count). The van der Waals surface area contributed by atoms with Crippen molar-refractivity contribution < 1.29 is 14.4 Å². The minimum Gasteiger partial charge on any atom is -0.300 e. The van der Waals surface area contributed by atoms with Gasteiger partial charge in [0, 0.05) is 5.92 Å². The summed E-state index contributed by atoms with van der Waals surface area (Å²) in [5, 5.41) is -0.402. The van der Waals surface area contributed by atoms with Crippen molar-refractivity contribution in [3.63, 3.8) is 0 Å². The van der Waals surface area contributed by atoms with Crippen molar-refractivity contribution in [1.29, 1.82) is 0 Å². The fourth-order valence-corrected chi connectivity index (χ4v) is 8.32. The molecule has 0 amide bonds. The maximum atomic E-state index is 13.1. The zero-order valence-electron chi connectivity index (χ0n) is 15.6. The third kappa shape index (κ3) is 2.05. The largest absolute Gasteiger partial charge is 0.300 e. The molecule has 4 aliphatic rings. The lowest BCUT2D eigenvalue weighted by molar-refractivity contribution is -0.139. The van der Waals surface area contributed by atoms with Crippen LogP contribution in [0.3, 0.4) is 0 Å². The fourth-order valence-electron chi connectivity index (χ4n) is 7.04. The van der Waals surface area contributed by atoms with Gasteiger partial charge in [0.05, 0.1) is 22.1 Å². The summed E-state index contributed by atoms with van der Waals surface area (Å²) in [5.41, 5.74) is -0.166. The quantitative estimate of drug-likeness (QED) is 0.484. The molecule has 0 saturated heterocycles. The van der Waals surface area contributed by atoms with Crippen LogP contribution in [-0.2, 0) is 14.4 Å². The number of alkyl halides is 2. The lowest BCUT2D eigenvalue weighted by Crippen LogP contribution is -2.67. The monoisotopic (exact) mass is 396 g/mol. The van der Waals surface area contributed by atoms with Crippen molar-refractivity contribution in [2.75, 3.05) is 0 Å². The van der Waals surface area contributed by atoms with Gasteiger partial charge in [0.15, 0.2) is 11.6 Å². The van der Waals surface area contributed by atoms with E-state index in [0.717, 1.165) is 24.8 Å². The highest BCUT2D eigenvalue weighted by Gasteiger charge is 2.71. The predicted molar refractivity (Wildman–Crippen MR) is 101 cm³/mol. The average molecular weight is 397 g/mol. The van der Waals surface area contributed by atoms with E-state index in [-0.39, 0.29) is 41.0 Å². The number of rotatable bonds is 1. The predicted octanol–water partition coefficient (Wildman–Crippen LogP) is 4.48. The molecule has 0 N–H and O–H groups in total. The highest BCUT2D eigenvalue weighted by molar-refractivity contribution is 6.35. The van der Waals surface area contributed by atoms with Crippen molar-refractivity contribution in [1.82, 2.24) is 0 Å². The van der Waals surface area contributed by atoms with E-state index >= 15 is 0 Å². The molecule has 0 aromatic carbocycles. The van der Waals surface area contributed by atoms with Gasteiger partial charge in [-0.2, -0.15) is 0 Å². The van der Waals surface area contributed by atoms with Gasteiger partial charge >= 0.3 is 0 Å². The molecule has 5 heteroatoms. The lowest BCUT2D eigenvalue weighted by atomic mass is 9.45. The summed E-state index contributed by atoms with van der Waals surface area (Å²) in [6.07, 6.45) is 5.61. The van der Waals surface area contributed by atoms with Gasteiger partial charge in [-0.3, -0.25) is 14.4 Å². The van der Waals surface area contributed by atoms with E-state index in [9.17, 15) is 14.4 Å². The van der Waals surface area contributed by atoms with Crippen LogP contribution in [0.4, 0.5) is 0 Å². The highest BCUT2D eigenvalue weighted by Crippen LogP contribution is 2.70. The third-order valence-electron chi connectivity index (χ3n) is 8.36. The first-order valence-electron chi connectivity index (χ1n) is 9.67. The number of halogens is 2. The van der Waals surface area contributed by atoms with Crippen molar-refractivity contribution in [3.05, 3.63) is 11.6 Å². The van der Waals surface area contributed by atoms with E-state index in [1.165, 1.54) is 0 Å². The molecule has 0 heterocycles. The zero-order valence-corrected chi connectivity index (χ0v) is 17.1. The van der Waals surface area contributed by atoms with E-state index in [0.29, 0.717) is 18.8 Å². The topological polar surface area (TPSA) is 51.2 Å². The van der Waals surface area contributed by atoms with E-state index < -0.39 is 15.7 Å². The summed E-state index contributed by atoms with van der Waals surface area (Å²) in [6, 6.07) is 0. The summed E-state index contributed by atoms with van der Waals surface area (Å²) in [7, 11) is 0. The summed E-state index contributed by atoms with van der Waals surface area (Å²) in [6.45, 7) is 5.79. The molecule has 3 fully saturated rings. The Hall–Kier alpha value is -0.670. The zero-order chi connectivity index (χ0) is 19.1. The van der Waals surface area contributed by atoms with Crippen LogP contribution in [-0.4, -0.2) is 27.6 Å². The van der Waals surface area contributed by atoms with Crippen LogP contribution in [0.5, 0.6) is 0 Å². The first-order chi connectivity index (χ1) is 12.1. The second-order valence-electron chi connectivity index (χ2n) is 9.30. The maximum absolute atomic E-state index is 13.1. The highest BCUT2D eigenvalue weighted by atomic mass is 35.5. The minimum atomic E-state index is -0.883. The average Bonchev–Trinajstić information content (AvgIpc) is 2.87. The van der Waals surface area contributed by atoms with Crippen LogP contribution >= 0.6 is 23.2 Å². The SMILES string of the molecule is CC(=O)[C@H]1CC[C@H]2[C@@H]3CCC4=CC(=O)CC(=O)[C@]4(C)[C@@]3(Cl)C(Cl)C[C@]12C. The summed E-state index contributed by atoms with van der Waals surface area (Å²) in [5.74, 6) is 0.452. The molecule has 0 aromatic heterocycles. The number of allylic oxidation sites excluding steroid dienone is 1. The van der Waals surface area contributed by atoms with Crippen LogP contribution in [0.15, 0.2) is 11.6 Å². The van der Waals surface area contributed by atoms with Crippen molar-refractivity contribution in [2.24, 2.45) is 28.6 Å².